The van der Waals surface area contributed by atoms with E-state index in [4.69, 9.17) is 9.47 Å². The molecule has 0 saturated heterocycles. The van der Waals surface area contributed by atoms with Crippen molar-refractivity contribution >= 4 is 44.7 Å². The van der Waals surface area contributed by atoms with Crippen molar-refractivity contribution in [2.24, 2.45) is 0 Å². The van der Waals surface area contributed by atoms with Crippen molar-refractivity contribution < 1.29 is 9.47 Å². The molecule has 3 aromatic carbocycles. The van der Waals surface area contributed by atoms with Crippen molar-refractivity contribution in [1.29, 1.82) is 10.5 Å². The summed E-state index contributed by atoms with van der Waals surface area (Å²) in [6, 6.07) is 25.3. The van der Waals surface area contributed by atoms with Crippen LogP contribution in [0.25, 0.3) is 44.7 Å². The topological polar surface area (TPSA) is 169 Å². The zero-order valence-corrected chi connectivity index (χ0v) is 20.2. The summed E-state index contributed by atoms with van der Waals surface area (Å²) in [6.45, 7) is 0. The van der Waals surface area contributed by atoms with Crippen molar-refractivity contribution in [1.82, 2.24) is 39.9 Å². The Hall–Kier alpha value is -6.40. The Bertz CT molecular complexity index is 2040. The number of benzene rings is 3. The van der Waals surface area contributed by atoms with E-state index in [0.29, 0.717) is 33.6 Å². The van der Waals surface area contributed by atoms with Crippen LogP contribution in [0.5, 0.6) is 23.3 Å². The molecule has 7 rings (SSSR count). The van der Waals surface area contributed by atoms with Crippen molar-refractivity contribution in [3.05, 3.63) is 84.2 Å². The summed E-state index contributed by atoms with van der Waals surface area (Å²) in [5.41, 5.74) is 2.56. The molecule has 186 valence electrons. The van der Waals surface area contributed by atoms with E-state index in [9.17, 15) is 10.5 Å². The fraction of sp³-hybridized carbons (Fsp3) is 0. The summed E-state index contributed by atoms with van der Waals surface area (Å²) in [5.74, 6) is 1.05. The lowest BCUT2D eigenvalue weighted by molar-refractivity contribution is 0.460. The maximum Gasteiger partial charge on any atom is 0.258 e. The van der Waals surface area contributed by atoms with E-state index in [1.807, 2.05) is 24.3 Å². The van der Waals surface area contributed by atoms with Crippen LogP contribution in [0.15, 0.2) is 72.8 Å². The first kappa shape index (κ1) is 22.8. The SMILES string of the molecule is N#Cc1nc2nc3cc4nc5nc(Oc6ccccc6)c(C#N)nc5nc4cc3nc2nc1Oc1ccccc1. The van der Waals surface area contributed by atoms with Gasteiger partial charge in [-0.3, -0.25) is 0 Å². The highest BCUT2D eigenvalue weighted by Crippen LogP contribution is 2.27. The standard InChI is InChI=1S/C28H12N10O2/c29-13-21-27(39-15-7-3-1-4-8-15)37-25-23(35-21)31-17-12-20-18(11-19(17)33-25)32-24-26(34-20)38-28(22(14-30)36-24)40-16-9-5-2-6-10-16/h1-12H. The smallest absolute Gasteiger partial charge is 0.258 e. The van der Waals surface area contributed by atoms with Crippen LogP contribution in [0.2, 0.25) is 0 Å². The lowest BCUT2D eigenvalue weighted by Crippen LogP contribution is -2.02. The molecule has 12 nitrogen and oxygen atoms in total. The Kier molecular flexibility index (Phi) is 5.22. The van der Waals surface area contributed by atoms with Crippen molar-refractivity contribution in [2.45, 2.75) is 0 Å². The van der Waals surface area contributed by atoms with E-state index < -0.39 is 0 Å². The molecule has 0 unspecified atom stereocenters. The van der Waals surface area contributed by atoms with Crippen LogP contribution in [-0.4, -0.2) is 39.9 Å². The molecular weight excluding hydrogens is 508 g/mol. The van der Waals surface area contributed by atoms with Gasteiger partial charge in [0.1, 0.15) is 23.6 Å². The lowest BCUT2D eigenvalue weighted by Gasteiger charge is -2.08. The molecule has 4 aromatic heterocycles. The monoisotopic (exact) mass is 520 g/mol. The van der Waals surface area contributed by atoms with Gasteiger partial charge in [-0.1, -0.05) is 36.4 Å². The van der Waals surface area contributed by atoms with Crippen molar-refractivity contribution in [3.8, 4) is 35.4 Å². The minimum Gasteiger partial charge on any atom is -0.436 e. The predicted molar refractivity (Wildman–Crippen MR) is 141 cm³/mol. The molecule has 0 aliphatic carbocycles. The molecule has 0 radical (unpaired) electrons. The van der Waals surface area contributed by atoms with Crippen LogP contribution in [0.4, 0.5) is 0 Å². The van der Waals surface area contributed by atoms with E-state index in [2.05, 4.69) is 39.9 Å². The van der Waals surface area contributed by atoms with Gasteiger partial charge in [0.05, 0.1) is 22.1 Å². The Morgan fingerprint density at radius 2 is 0.800 bits per heavy atom. The number of fused-ring (bicyclic) bond motifs is 4. The Morgan fingerprint density at radius 3 is 1.15 bits per heavy atom. The maximum absolute atomic E-state index is 9.62. The highest BCUT2D eigenvalue weighted by Gasteiger charge is 2.17. The number of aromatic nitrogens is 8. The predicted octanol–water partition coefficient (Wildman–Crippen LogP) is 4.79. The number of nitrogens with zero attached hydrogens (tertiary/aromatic N) is 10. The van der Waals surface area contributed by atoms with Gasteiger partial charge in [0.2, 0.25) is 22.7 Å². The van der Waals surface area contributed by atoms with Crippen LogP contribution in [0, 0.1) is 22.7 Å². The normalized spacial score (nSPS) is 10.9. The van der Waals surface area contributed by atoms with Crippen molar-refractivity contribution in [3.63, 3.8) is 0 Å². The van der Waals surface area contributed by atoms with Crippen LogP contribution in [0.3, 0.4) is 0 Å². The fourth-order valence-corrected chi connectivity index (χ4v) is 3.96. The number of para-hydroxylation sites is 2. The summed E-state index contributed by atoms with van der Waals surface area (Å²) < 4.78 is 11.5. The molecule has 40 heavy (non-hydrogen) atoms. The third-order valence-electron chi connectivity index (χ3n) is 5.76. The van der Waals surface area contributed by atoms with E-state index in [1.54, 1.807) is 60.7 Å². The zero-order chi connectivity index (χ0) is 27.1. The van der Waals surface area contributed by atoms with Crippen molar-refractivity contribution in [2.75, 3.05) is 0 Å². The second-order valence-corrected chi connectivity index (χ2v) is 8.38. The number of hydrogen-bond donors (Lipinski definition) is 0. The van der Waals surface area contributed by atoms with Gasteiger partial charge in [0.25, 0.3) is 11.8 Å². The van der Waals surface area contributed by atoms with Gasteiger partial charge in [0, 0.05) is 0 Å². The number of rotatable bonds is 4. The van der Waals surface area contributed by atoms with Gasteiger partial charge in [-0.05, 0) is 36.4 Å². The van der Waals surface area contributed by atoms with Gasteiger partial charge in [-0.15, -0.1) is 0 Å². The maximum atomic E-state index is 9.62. The number of ether oxygens (including phenoxy) is 2. The molecular formula is C28H12N10O2. The largest absolute Gasteiger partial charge is 0.436 e. The Balaban J connectivity index is 1.35. The highest BCUT2D eigenvalue weighted by molar-refractivity contribution is 5.95. The summed E-state index contributed by atoms with van der Waals surface area (Å²) in [4.78, 5) is 35.7. The van der Waals surface area contributed by atoms with Gasteiger partial charge in [-0.2, -0.15) is 20.5 Å². The molecule has 0 aliphatic heterocycles. The molecule has 0 bridgehead atoms. The van der Waals surface area contributed by atoms with Crippen LogP contribution in [-0.2, 0) is 0 Å². The van der Waals surface area contributed by atoms with Crippen LogP contribution < -0.4 is 9.47 Å². The van der Waals surface area contributed by atoms with Crippen LogP contribution in [0.1, 0.15) is 11.4 Å². The summed E-state index contributed by atoms with van der Waals surface area (Å²) in [7, 11) is 0. The molecule has 12 heteroatoms. The summed E-state index contributed by atoms with van der Waals surface area (Å²) in [5, 5.41) is 19.2. The Morgan fingerprint density at radius 1 is 0.450 bits per heavy atom. The summed E-state index contributed by atoms with van der Waals surface area (Å²) >= 11 is 0. The first-order chi connectivity index (χ1) is 19.7. The Labute approximate surface area is 224 Å². The minimum atomic E-state index is -0.0221. The van der Waals surface area contributed by atoms with Gasteiger partial charge < -0.3 is 9.47 Å². The second-order valence-electron chi connectivity index (χ2n) is 8.38. The molecule has 0 spiro atoms. The van der Waals surface area contributed by atoms with E-state index in [-0.39, 0.29) is 45.7 Å². The van der Waals surface area contributed by atoms with E-state index in [0.717, 1.165) is 0 Å². The van der Waals surface area contributed by atoms with E-state index >= 15 is 0 Å². The van der Waals surface area contributed by atoms with Gasteiger partial charge in [0.15, 0.2) is 11.3 Å². The number of nitriles is 2. The van der Waals surface area contributed by atoms with Gasteiger partial charge in [-0.25, -0.2) is 29.9 Å². The quantitative estimate of drug-likeness (QED) is 0.291. The van der Waals surface area contributed by atoms with Gasteiger partial charge >= 0.3 is 0 Å². The average molecular weight is 520 g/mol. The van der Waals surface area contributed by atoms with E-state index in [1.165, 1.54) is 0 Å². The third kappa shape index (κ3) is 4.04. The fourth-order valence-electron chi connectivity index (χ4n) is 3.96. The third-order valence-corrected chi connectivity index (χ3v) is 5.76. The number of hydrogen-bond acceptors (Lipinski definition) is 12. The molecule has 7 aromatic rings. The molecule has 0 N–H and O–H groups in total. The molecule has 4 heterocycles. The zero-order valence-electron chi connectivity index (χ0n) is 20.2. The summed E-state index contributed by atoms with van der Waals surface area (Å²) in [6.07, 6.45) is 0. The highest BCUT2D eigenvalue weighted by atomic mass is 16.5. The lowest BCUT2D eigenvalue weighted by atomic mass is 10.2. The van der Waals surface area contributed by atoms with Crippen LogP contribution >= 0.6 is 0 Å². The molecule has 0 fully saturated rings. The first-order valence-corrected chi connectivity index (χ1v) is 11.8. The molecule has 0 aliphatic rings. The average Bonchev–Trinajstić information content (AvgIpc) is 2.98. The molecule has 0 saturated carbocycles. The molecule has 0 atom stereocenters. The minimum absolute atomic E-state index is 0.0221. The molecule has 0 amide bonds. The second kappa shape index (κ2) is 9.16. The first-order valence-electron chi connectivity index (χ1n) is 11.8.